The summed E-state index contributed by atoms with van der Waals surface area (Å²) in [6.45, 7) is 3.69. The topological polar surface area (TPSA) is 66.5 Å². The molecule has 23 heavy (non-hydrogen) atoms. The van der Waals surface area contributed by atoms with Gasteiger partial charge in [0.05, 0.1) is 5.69 Å². The largest absolute Gasteiger partial charge is 0.335 e. The van der Waals surface area contributed by atoms with Crippen molar-refractivity contribution in [3.8, 4) is 0 Å². The molecule has 0 aliphatic carbocycles. The fourth-order valence-corrected chi connectivity index (χ4v) is 3.01. The Labute approximate surface area is 137 Å². The maximum atomic E-state index is 12.7. The zero-order valence-corrected chi connectivity index (χ0v) is 13.4. The maximum absolute atomic E-state index is 12.7. The highest BCUT2D eigenvalue weighted by atomic mass is 32.1. The second kappa shape index (κ2) is 5.81. The van der Waals surface area contributed by atoms with E-state index in [1.54, 1.807) is 12.1 Å². The van der Waals surface area contributed by atoms with Crippen LogP contribution >= 0.6 is 11.3 Å². The van der Waals surface area contributed by atoms with Crippen LogP contribution in [0.1, 0.15) is 16.0 Å². The molecule has 116 valence electrons. The first kappa shape index (κ1) is 15.2. The highest BCUT2D eigenvalue weighted by Crippen LogP contribution is 2.26. The zero-order valence-electron chi connectivity index (χ0n) is 12.6. The van der Waals surface area contributed by atoms with Crippen molar-refractivity contribution in [2.45, 2.75) is 13.8 Å². The number of urea groups is 1. The molecule has 0 saturated carbocycles. The highest BCUT2D eigenvalue weighted by Gasteiger charge is 2.37. The van der Waals surface area contributed by atoms with E-state index in [1.807, 2.05) is 37.4 Å². The van der Waals surface area contributed by atoms with Gasteiger partial charge in [-0.2, -0.15) is 0 Å². The summed E-state index contributed by atoms with van der Waals surface area (Å²) in [4.78, 5) is 38.7. The molecule has 0 radical (unpaired) electrons. The van der Waals surface area contributed by atoms with Gasteiger partial charge in [0, 0.05) is 4.88 Å². The molecule has 0 atom stereocenters. The van der Waals surface area contributed by atoms with E-state index >= 15 is 0 Å². The van der Waals surface area contributed by atoms with Crippen molar-refractivity contribution in [1.29, 1.82) is 0 Å². The van der Waals surface area contributed by atoms with Crippen molar-refractivity contribution in [2.75, 3.05) is 4.90 Å². The fraction of sp³-hybridized carbons (Fsp3) is 0.118. The van der Waals surface area contributed by atoms with Gasteiger partial charge in [-0.25, -0.2) is 9.69 Å². The van der Waals surface area contributed by atoms with Crippen LogP contribution in [-0.2, 0) is 9.59 Å². The number of anilines is 1. The molecule has 1 aliphatic rings. The number of hydrogen-bond donors (Lipinski definition) is 1. The number of carbonyl (C=O) groups excluding carboxylic acids is 3. The number of rotatable bonds is 2. The third-order valence-electron chi connectivity index (χ3n) is 3.54. The molecule has 2 aromatic rings. The number of hydrogen-bond acceptors (Lipinski definition) is 4. The minimum atomic E-state index is -0.725. The van der Waals surface area contributed by atoms with Crippen LogP contribution in [0.3, 0.4) is 0 Å². The maximum Gasteiger partial charge on any atom is 0.335 e. The summed E-state index contributed by atoms with van der Waals surface area (Å²) >= 11 is 1.41. The van der Waals surface area contributed by atoms with Crippen molar-refractivity contribution in [3.05, 3.63) is 57.3 Å². The predicted molar refractivity (Wildman–Crippen MR) is 89.2 cm³/mol. The van der Waals surface area contributed by atoms with Gasteiger partial charge in [-0.1, -0.05) is 18.2 Å². The van der Waals surface area contributed by atoms with Crippen LogP contribution in [0, 0.1) is 13.8 Å². The van der Waals surface area contributed by atoms with E-state index in [1.165, 1.54) is 17.4 Å². The summed E-state index contributed by atoms with van der Waals surface area (Å²) in [6, 6.07) is 8.40. The molecule has 1 aromatic carbocycles. The van der Waals surface area contributed by atoms with Crippen molar-refractivity contribution in [1.82, 2.24) is 5.32 Å². The lowest BCUT2D eigenvalue weighted by Gasteiger charge is -2.27. The van der Waals surface area contributed by atoms with Gasteiger partial charge >= 0.3 is 6.03 Å². The van der Waals surface area contributed by atoms with Gasteiger partial charge in [0.25, 0.3) is 11.8 Å². The highest BCUT2D eigenvalue weighted by molar-refractivity contribution is 7.10. The monoisotopic (exact) mass is 326 g/mol. The van der Waals surface area contributed by atoms with Gasteiger partial charge in [0.1, 0.15) is 5.57 Å². The molecule has 1 fully saturated rings. The molecule has 5 nitrogen and oxygen atoms in total. The number of aryl methyl sites for hydroxylation is 2. The lowest BCUT2D eigenvalue weighted by Crippen LogP contribution is -2.54. The first-order valence-electron chi connectivity index (χ1n) is 6.99. The molecule has 6 heteroatoms. The smallest absolute Gasteiger partial charge is 0.273 e. The average molecular weight is 326 g/mol. The van der Waals surface area contributed by atoms with Crippen molar-refractivity contribution >= 4 is 40.9 Å². The van der Waals surface area contributed by atoms with Gasteiger partial charge in [-0.05, 0) is 48.6 Å². The summed E-state index contributed by atoms with van der Waals surface area (Å²) in [5, 5.41) is 4.08. The van der Waals surface area contributed by atoms with Crippen LogP contribution in [0.2, 0.25) is 0 Å². The van der Waals surface area contributed by atoms with Crippen LogP contribution in [-0.4, -0.2) is 17.8 Å². The molecule has 1 aliphatic heterocycles. The number of nitrogens with one attached hydrogen (secondary N) is 1. The van der Waals surface area contributed by atoms with Crippen LogP contribution in [0.25, 0.3) is 6.08 Å². The van der Waals surface area contributed by atoms with Crippen molar-refractivity contribution < 1.29 is 14.4 Å². The average Bonchev–Trinajstić information content (AvgIpc) is 3.00. The molecule has 4 amide bonds. The van der Waals surface area contributed by atoms with Crippen LogP contribution in [0.15, 0.2) is 41.3 Å². The Bertz CT molecular complexity index is 838. The minimum Gasteiger partial charge on any atom is -0.273 e. The van der Waals surface area contributed by atoms with Gasteiger partial charge in [-0.15, -0.1) is 11.3 Å². The number of nitrogens with zero attached hydrogens (tertiary/aromatic N) is 1. The summed E-state index contributed by atoms with van der Waals surface area (Å²) in [5.74, 6) is -1.28. The van der Waals surface area contributed by atoms with Crippen LogP contribution in [0.4, 0.5) is 10.5 Å². The van der Waals surface area contributed by atoms with Gasteiger partial charge in [0.2, 0.25) is 0 Å². The number of imide groups is 2. The van der Waals surface area contributed by atoms with E-state index in [-0.39, 0.29) is 5.57 Å². The predicted octanol–water partition coefficient (Wildman–Crippen LogP) is 3.03. The van der Waals surface area contributed by atoms with E-state index in [0.717, 1.165) is 20.9 Å². The fourth-order valence-electron chi connectivity index (χ4n) is 2.35. The lowest BCUT2D eigenvalue weighted by atomic mass is 10.1. The molecule has 0 unspecified atom stereocenters. The standard InChI is InChI=1S/C17H14N2O3S/c1-10-5-6-11(2)14(8-10)19-16(21)13(15(20)18-17(19)22)9-12-4-3-7-23-12/h3-9H,1-2H3,(H,18,20,22). The van der Waals surface area contributed by atoms with E-state index in [2.05, 4.69) is 5.32 Å². The quantitative estimate of drug-likeness (QED) is 0.681. The number of benzene rings is 1. The van der Waals surface area contributed by atoms with E-state index in [4.69, 9.17) is 0 Å². The van der Waals surface area contributed by atoms with Crippen LogP contribution in [0.5, 0.6) is 0 Å². The molecule has 1 saturated heterocycles. The number of barbiturate groups is 1. The Morgan fingerprint density at radius 1 is 1.13 bits per heavy atom. The Morgan fingerprint density at radius 2 is 1.91 bits per heavy atom. The molecule has 2 heterocycles. The van der Waals surface area contributed by atoms with E-state index < -0.39 is 17.8 Å². The van der Waals surface area contributed by atoms with Crippen molar-refractivity contribution in [2.24, 2.45) is 0 Å². The number of thiophene rings is 1. The third kappa shape index (κ3) is 2.80. The normalized spacial score (nSPS) is 16.9. The number of amides is 4. The first-order valence-corrected chi connectivity index (χ1v) is 7.87. The summed E-state index contributed by atoms with van der Waals surface area (Å²) < 4.78 is 0. The first-order chi connectivity index (χ1) is 11.0. The minimum absolute atomic E-state index is 0.0482. The molecule has 3 rings (SSSR count). The SMILES string of the molecule is Cc1ccc(C)c(N2C(=O)NC(=O)C(=Cc3cccs3)C2=O)c1. The lowest BCUT2D eigenvalue weighted by molar-refractivity contribution is -0.122. The van der Waals surface area contributed by atoms with Crippen molar-refractivity contribution in [3.63, 3.8) is 0 Å². The Morgan fingerprint density at radius 3 is 2.61 bits per heavy atom. The second-order valence-corrected chi connectivity index (χ2v) is 6.24. The molecular formula is C17H14N2O3S. The van der Waals surface area contributed by atoms with Gasteiger partial charge < -0.3 is 0 Å². The summed E-state index contributed by atoms with van der Waals surface area (Å²) in [7, 11) is 0. The molecule has 0 bridgehead atoms. The summed E-state index contributed by atoms with van der Waals surface area (Å²) in [6.07, 6.45) is 1.51. The Kier molecular flexibility index (Phi) is 3.83. The molecule has 0 spiro atoms. The van der Waals surface area contributed by atoms with E-state index in [0.29, 0.717) is 5.69 Å². The Hall–Kier alpha value is -2.73. The molecule has 1 N–H and O–H groups in total. The molecule has 1 aromatic heterocycles. The molecular weight excluding hydrogens is 312 g/mol. The number of carbonyl (C=O) groups is 3. The third-order valence-corrected chi connectivity index (χ3v) is 4.36. The van der Waals surface area contributed by atoms with Gasteiger partial charge in [0.15, 0.2) is 0 Å². The van der Waals surface area contributed by atoms with Gasteiger partial charge in [-0.3, -0.25) is 14.9 Å². The zero-order chi connectivity index (χ0) is 16.6. The van der Waals surface area contributed by atoms with Crippen LogP contribution < -0.4 is 10.2 Å². The van der Waals surface area contributed by atoms with E-state index in [9.17, 15) is 14.4 Å². The Balaban J connectivity index is 2.07. The second-order valence-electron chi connectivity index (χ2n) is 5.26. The summed E-state index contributed by atoms with van der Waals surface area (Å²) in [5.41, 5.74) is 2.14.